The van der Waals surface area contributed by atoms with Gasteiger partial charge < -0.3 is 5.11 Å². The van der Waals surface area contributed by atoms with Gasteiger partial charge in [0, 0.05) is 11.0 Å². The van der Waals surface area contributed by atoms with E-state index in [9.17, 15) is 14.9 Å². The van der Waals surface area contributed by atoms with E-state index in [1.807, 2.05) is 0 Å². The smallest absolute Gasteiger partial charge is 0.335 e. The Labute approximate surface area is 133 Å². The molecule has 2 aromatic carbocycles. The van der Waals surface area contributed by atoms with Gasteiger partial charge in [0.2, 0.25) is 0 Å². The molecular formula is C13H7Cl2NO4S. The first-order chi connectivity index (χ1) is 9.88. The number of aromatic carboxylic acids is 1. The second kappa shape index (κ2) is 6.34. The molecule has 8 heteroatoms. The normalized spacial score (nSPS) is 10.4. The van der Waals surface area contributed by atoms with Crippen LogP contribution in [0, 0.1) is 10.1 Å². The Balaban J connectivity index is 2.43. The Hall–Kier alpha value is -1.76. The van der Waals surface area contributed by atoms with Gasteiger partial charge in [0.25, 0.3) is 5.69 Å². The zero-order chi connectivity index (χ0) is 15.6. The molecule has 108 valence electrons. The second-order valence-electron chi connectivity index (χ2n) is 3.93. The highest BCUT2D eigenvalue weighted by atomic mass is 35.5. The molecule has 0 aliphatic rings. The fraction of sp³-hybridized carbons (Fsp3) is 0. The maximum Gasteiger partial charge on any atom is 0.335 e. The molecule has 0 unspecified atom stereocenters. The highest BCUT2D eigenvalue weighted by Crippen LogP contribution is 2.39. The number of rotatable bonds is 4. The van der Waals surface area contributed by atoms with Gasteiger partial charge in [-0.2, -0.15) is 0 Å². The van der Waals surface area contributed by atoms with Crippen LogP contribution in [0.25, 0.3) is 0 Å². The van der Waals surface area contributed by atoms with Crippen LogP contribution in [0.4, 0.5) is 5.69 Å². The summed E-state index contributed by atoms with van der Waals surface area (Å²) in [5, 5.41) is 20.3. The Kier molecular flexibility index (Phi) is 4.72. The quantitative estimate of drug-likeness (QED) is 0.639. The molecular weight excluding hydrogens is 337 g/mol. The van der Waals surface area contributed by atoms with Gasteiger partial charge in [0.05, 0.1) is 25.4 Å². The van der Waals surface area contributed by atoms with E-state index in [1.165, 1.54) is 24.3 Å². The summed E-state index contributed by atoms with van der Waals surface area (Å²) in [5.74, 6) is -1.07. The monoisotopic (exact) mass is 343 g/mol. The summed E-state index contributed by atoms with van der Waals surface area (Å²) < 4.78 is 0. The number of nitro groups is 1. The molecule has 0 aliphatic heterocycles. The van der Waals surface area contributed by atoms with Crippen LogP contribution in [0.1, 0.15) is 10.4 Å². The van der Waals surface area contributed by atoms with Gasteiger partial charge in [0.1, 0.15) is 0 Å². The lowest BCUT2D eigenvalue weighted by Gasteiger charge is -2.06. The van der Waals surface area contributed by atoms with Crippen LogP contribution in [-0.2, 0) is 0 Å². The molecule has 5 nitrogen and oxygen atoms in total. The third kappa shape index (κ3) is 3.66. The zero-order valence-corrected chi connectivity index (χ0v) is 12.6. The summed E-state index contributed by atoms with van der Waals surface area (Å²) in [4.78, 5) is 22.2. The van der Waals surface area contributed by atoms with E-state index in [2.05, 4.69) is 0 Å². The van der Waals surface area contributed by atoms with E-state index in [0.717, 1.165) is 11.8 Å². The molecule has 0 aliphatic carbocycles. The van der Waals surface area contributed by atoms with Crippen LogP contribution in [0.5, 0.6) is 0 Å². The highest BCUT2D eigenvalue weighted by molar-refractivity contribution is 7.99. The fourth-order valence-electron chi connectivity index (χ4n) is 1.56. The number of hydrogen-bond donors (Lipinski definition) is 1. The van der Waals surface area contributed by atoms with Crippen molar-refractivity contribution in [2.45, 2.75) is 9.79 Å². The Morgan fingerprint density at radius 3 is 2.48 bits per heavy atom. The average Bonchev–Trinajstić information content (AvgIpc) is 2.42. The summed E-state index contributed by atoms with van der Waals surface area (Å²) >= 11 is 12.7. The molecule has 0 atom stereocenters. The number of hydrogen-bond acceptors (Lipinski definition) is 4. The fourth-order valence-corrected chi connectivity index (χ4v) is 2.95. The van der Waals surface area contributed by atoms with Crippen molar-refractivity contribution < 1.29 is 14.8 Å². The van der Waals surface area contributed by atoms with Crippen molar-refractivity contribution >= 4 is 46.6 Å². The molecule has 21 heavy (non-hydrogen) atoms. The first-order valence-electron chi connectivity index (χ1n) is 5.53. The molecule has 0 heterocycles. The molecule has 0 aromatic heterocycles. The number of nitro benzene ring substituents is 1. The lowest BCUT2D eigenvalue weighted by Crippen LogP contribution is -1.95. The molecule has 1 N–H and O–H groups in total. The highest BCUT2D eigenvalue weighted by Gasteiger charge is 2.18. The third-order valence-corrected chi connectivity index (χ3v) is 4.27. The van der Waals surface area contributed by atoms with Gasteiger partial charge in [-0.1, -0.05) is 41.0 Å². The minimum absolute atomic E-state index is 0.0898. The van der Waals surface area contributed by atoms with E-state index in [0.29, 0.717) is 4.90 Å². The summed E-state index contributed by atoms with van der Waals surface area (Å²) in [6.07, 6.45) is 0. The van der Waals surface area contributed by atoms with Crippen LogP contribution in [0.3, 0.4) is 0 Å². The van der Waals surface area contributed by atoms with E-state index in [1.54, 1.807) is 12.1 Å². The molecule has 0 fully saturated rings. The van der Waals surface area contributed by atoms with E-state index in [4.69, 9.17) is 28.3 Å². The van der Waals surface area contributed by atoms with Crippen molar-refractivity contribution in [3.05, 3.63) is 62.1 Å². The number of halogens is 2. The molecule has 0 saturated carbocycles. The molecule has 0 spiro atoms. The van der Waals surface area contributed by atoms with E-state index in [-0.39, 0.29) is 26.2 Å². The number of benzene rings is 2. The van der Waals surface area contributed by atoms with Crippen LogP contribution < -0.4 is 0 Å². The molecule has 0 saturated heterocycles. The maximum atomic E-state index is 11.0. The van der Waals surface area contributed by atoms with E-state index < -0.39 is 10.9 Å². The predicted molar refractivity (Wildman–Crippen MR) is 80.6 cm³/mol. The van der Waals surface area contributed by atoms with Crippen molar-refractivity contribution in [1.82, 2.24) is 0 Å². The molecule has 0 amide bonds. The largest absolute Gasteiger partial charge is 0.478 e. The SMILES string of the molecule is O=C(O)c1cccc(Sc2cc(Cl)c(Cl)cc2[N+](=O)[O-])c1. The molecule has 0 bridgehead atoms. The second-order valence-corrected chi connectivity index (χ2v) is 5.86. The van der Waals surface area contributed by atoms with Gasteiger partial charge in [-0.3, -0.25) is 10.1 Å². The van der Waals surface area contributed by atoms with Gasteiger partial charge in [-0.25, -0.2) is 4.79 Å². The van der Waals surface area contributed by atoms with Gasteiger partial charge in [-0.15, -0.1) is 0 Å². The number of nitrogens with zero attached hydrogens (tertiary/aromatic N) is 1. The van der Waals surface area contributed by atoms with Crippen molar-refractivity contribution in [2.75, 3.05) is 0 Å². The van der Waals surface area contributed by atoms with Crippen LogP contribution in [0.15, 0.2) is 46.2 Å². The summed E-state index contributed by atoms with van der Waals surface area (Å²) in [7, 11) is 0. The topological polar surface area (TPSA) is 80.4 Å². The Morgan fingerprint density at radius 2 is 1.86 bits per heavy atom. The average molecular weight is 344 g/mol. The predicted octanol–water partition coefficient (Wildman–Crippen LogP) is 4.75. The summed E-state index contributed by atoms with van der Waals surface area (Å²) in [6.45, 7) is 0. The Morgan fingerprint density at radius 1 is 1.19 bits per heavy atom. The maximum absolute atomic E-state index is 11.0. The van der Waals surface area contributed by atoms with Gasteiger partial charge in [-0.05, 0) is 24.3 Å². The minimum Gasteiger partial charge on any atom is -0.478 e. The Bertz CT molecular complexity index is 736. The lowest BCUT2D eigenvalue weighted by molar-refractivity contribution is -0.387. The molecule has 2 rings (SSSR count). The standard InChI is InChI=1S/C13H7Cl2NO4S/c14-9-5-11(16(19)20)12(6-10(9)15)21-8-3-1-2-7(4-8)13(17)18/h1-6H,(H,17,18). The molecule has 0 radical (unpaired) electrons. The number of carboxylic acids is 1. The summed E-state index contributed by atoms with van der Waals surface area (Å²) in [6, 6.07) is 8.65. The van der Waals surface area contributed by atoms with Gasteiger partial charge in [0.15, 0.2) is 0 Å². The van der Waals surface area contributed by atoms with Crippen LogP contribution in [0.2, 0.25) is 10.0 Å². The van der Waals surface area contributed by atoms with Gasteiger partial charge >= 0.3 is 5.97 Å². The summed E-state index contributed by atoms with van der Waals surface area (Å²) in [5.41, 5.74) is -0.0853. The molecule has 2 aromatic rings. The van der Waals surface area contributed by atoms with Crippen molar-refractivity contribution in [2.24, 2.45) is 0 Å². The minimum atomic E-state index is -1.07. The third-order valence-electron chi connectivity index (χ3n) is 2.51. The zero-order valence-electron chi connectivity index (χ0n) is 10.2. The lowest BCUT2D eigenvalue weighted by atomic mass is 10.2. The first kappa shape index (κ1) is 15.6. The van der Waals surface area contributed by atoms with Crippen molar-refractivity contribution in [3.8, 4) is 0 Å². The van der Waals surface area contributed by atoms with Crippen LogP contribution >= 0.6 is 35.0 Å². The first-order valence-corrected chi connectivity index (χ1v) is 7.10. The van der Waals surface area contributed by atoms with Crippen molar-refractivity contribution in [3.63, 3.8) is 0 Å². The van der Waals surface area contributed by atoms with E-state index >= 15 is 0 Å². The van der Waals surface area contributed by atoms with Crippen molar-refractivity contribution in [1.29, 1.82) is 0 Å². The number of carboxylic acid groups (broad SMARTS) is 1. The number of carbonyl (C=O) groups is 1. The van der Waals surface area contributed by atoms with Crippen LogP contribution in [-0.4, -0.2) is 16.0 Å².